The van der Waals surface area contributed by atoms with Crippen LogP contribution in [0.3, 0.4) is 0 Å². The van der Waals surface area contributed by atoms with Gasteiger partial charge in [-0.05, 0) is 40.2 Å². The van der Waals surface area contributed by atoms with Crippen molar-refractivity contribution in [2.45, 2.75) is 13.0 Å². The highest BCUT2D eigenvalue weighted by molar-refractivity contribution is 6.31. The van der Waals surface area contributed by atoms with Crippen molar-refractivity contribution in [3.63, 3.8) is 0 Å². The molecule has 0 heterocycles. The van der Waals surface area contributed by atoms with Gasteiger partial charge in [0.25, 0.3) is 0 Å². The van der Waals surface area contributed by atoms with E-state index in [4.69, 9.17) is 11.6 Å². The van der Waals surface area contributed by atoms with Gasteiger partial charge in [-0.3, -0.25) is 9.69 Å². The number of benzene rings is 1. The highest BCUT2D eigenvalue weighted by Gasteiger charge is 2.19. The SMILES string of the molecule is CC(C(=O)c1cccc(Cl)c1)N(C)CCN(C)C. The molecule has 0 radical (unpaired) electrons. The zero-order valence-corrected chi connectivity index (χ0v) is 12.2. The minimum absolute atomic E-state index is 0.110. The Bertz CT molecular complexity index is 407. The van der Waals surface area contributed by atoms with Crippen molar-refractivity contribution < 1.29 is 4.79 Å². The molecular formula is C14H21ClN2O. The average molecular weight is 269 g/mol. The third kappa shape index (κ3) is 4.41. The highest BCUT2D eigenvalue weighted by Crippen LogP contribution is 2.14. The van der Waals surface area contributed by atoms with Crippen molar-refractivity contribution in [2.24, 2.45) is 0 Å². The monoisotopic (exact) mass is 268 g/mol. The molecule has 0 aliphatic carbocycles. The second-order valence-corrected chi connectivity index (χ2v) is 5.27. The van der Waals surface area contributed by atoms with Crippen molar-refractivity contribution in [1.29, 1.82) is 0 Å². The molecule has 0 fully saturated rings. The molecule has 1 unspecified atom stereocenters. The average Bonchev–Trinajstić information content (AvgIpc) is 2.34. The second kappa shape index (κ2) is 6.88. The number of halogens is 1. The Labute approximate surface area is 114 Å². The molecule has 4 heteroatoms. The predicted octanol–water partition coefficient (Wildman–Crippen LogP) is 2.40. The van der Waals surface area contributed by atoms with Crippen LogP contribution in [0.1, 0.15) is 17.3 Å². The van der Waals surface area contributed by atoms with Crippen LogP contribution < -0.4 is 0 Å². The molecule has 0 aromatic heterocycles. The van der Waals surface area contributed by atoms with Gasteiger partial charge in [-0.1, -0.05) is 23.7 Å². The summed E-state index contributed by atoms with van der Waals surface area (Å²) in [6, 6.07) is 6.98. The number of hydrogen-bond donors (Lipinski definition) is 0. The Balaban J connectivity index is 2.66. The lowest BCUT2D eigenvalue weighted by molar-refractivity contribution is 0.0862. The first-order chi connectivity index (χ1) is 8.41. The van der Waals surface area contributed by atoms with Gasteiger partial charge in [-0.2, -0.15) is 0 Å². The fourth-order valence-corrected chi connectivity index (χ4v) is 1.82. The Morgan fingerprint density at radius 2 is 1.94 bits per heavy atom. The number of hydrogen-bond acceptors (Lipinski definition) is 3. The van der Waals surface area contributed by atoms with Gasteiger partial charge in [0.15, 0.2) is 5.78 Å². The molecule has 0 aliphatic heterocycles. The number of nitrogens with zero attached hydrogens (tertiary/aromatic N) is 2. The Hall–Kier alpha value is -0.900. The van der Waals surface area contributed by atoms with E-state index < -0.39 is 0 Å². The van der Waals surface area contributed by atoms with Gasteiger partial charge in [0, 0.05) is 23.7 Å². The molecule has 0 N–H and O–H groups in total. The third-order valence-electron chi connectivity index (χ3n) is 3.05. The van der Waals surface area contributed by atoms with E-state index in [1.54, 1.807) is 12.1 Å². The maximum absolute atomic E-state index is 12.3. The number of likely N-dealkylation sites (N-methyl/N-ethyl adjacent to an activating group) is 2. The van der Waals surface area contributed by atoms with Crippen molar-refractivity contribution >= 4 is 17.4 Å². The summed E-state index contributed by atoms with van der Waals surface area (Å²) in [7, 11) is 6.02. The Morgan fingerprint density at radius 1 is 1.28 bits per heavy atom. The molecule has 18 heavy (non-hydrogen) atoms. The molecule has 1 atom stereocenters. The van der Waals surface area contributed by atoms with Crippen LogP contribution in [0.15, 0.2) is 24.3 Å². The van der Waals surface area contributed by atoms with Crippen LogP contribution in [0.25, 0.3) is 0 Å². The quantitative estimate of drug-likeness (QED) is 0.741. The van der Waals surface area contributed by atoms with Gasteiger partial charge in [0.1, 0.15) is 0 Å². The summed E-state index contributed by atoms with van der Waals surface area (Å²) in [5.74, 6) is 0.110. The number of rotatable bonds is 6. The van der Waals surface area contributed by atoms with Gasteiger partial charge in [-0.25, -0.2) is 0 Å². The molecule has 0 aliphatic rings. The van der Waals surface area contributed by atoms with Crippen LogP contribution in [0, 0.1) is 0 Å². The zero-order valence-electron chi connectivity index (χ0n) is 11.5. The first kappa shape index (κ1) is 15.2. The van der Waals surface area contributed by atoms with Gasteiger partial charge < -0.3 is 4.90 Å². The molecular weight excluding hydrogens is 248 g/mol. The minimum atomic E-state index is -0.136. The van der Waals surface area contributed by atoms with Crippen LogP contribution in [-0.4, -0.2) is 55.9 Å². The van der Waals surface area contributed by atoms with Crippen LogP contribution in [0.2, 0.25) is 5.02 Å². The van der Waals surface area contributed by atoms with E-state index in [1.807, 2.05) is 40.2 Å². The lowest BCUT2D eigenvalue weighted by Gasteiger charge is -2.25. The summed E-state index contributed by atoms with van der Waals surface area (Å²) < 4.78 is 0. The Kier molecular flexibility index (Phi) is 5.79. The molecule has 1 aromatic carbocycles. The largest absolute Gasteiger partial charge is 0.308 e. The Morgan fingerprint density at radius 3 is 2.50 bits per heavy atom. The van der Waals surface area contributed by atoms with E-state index in [9.17, 15) is 4.79 Å². The molecule has 0 saturated carbocycles. The van der Waals surface area contributed by atoms with Gasteiger partial charge in [0.2, 0.25) is 0 Å². The molecule has 100 valence electrons. The molecule has 0 spiro atoms. The van der Waals surface area contributed by atoms with Gasteiger partial charge in [-0.15, -0.1) is 0 Å². The smallest absolute Gasteiger partial charge is 0.179 e. The summed E-state index contributed by atoms with van der Waals surface area (Å²) in [6.07, 6.45) is 0. The van der Waals surface area contributed by atoms with Crippen molar-refractivity contribution in [3.8, 4) is 0 Å². The number of carbonyl (C=O) groups is 1. The van der Waals surface area contributed by atoms with Crippen molar-refractivity contribution in [1.82, 2.24) is 9.80 Å². The molecule has 0 bridgehead atoms. The lowest BCUT2D eigenvalue weighted by Crippen LogP contribution is -2.39. The zero-order chi connectivity index (χ0) is 13.7. The third-order valence-corrected chi connectivity index (χ3v) is 3.28. The van der Waals surface area contributed by atoms with Gasteiger partial charge >= 0.3 is 0 Å². The summed E-state index contributed by atoms with van der Waals surface area (Å²) in [6.45, 7) is 3.73. The van der Waals surface area contributed by atoms with E-state index in [1.165, 1.54) is 0 Å². The normalized spacial score (nSPS) is 13.1. The maximum atomic E-state index is 12.3. The van der Waals surface area contributed by atoms with E-state index in [0.29, 0.717) is 10.6 Å². The van der Waals surface area contributed by atoms with E-state index in [-0.39, 0.29) is 11.8 Å². The van der Waals surface area contributed by atoms with Crippen molar-refractivity contribution in [3.05, 3.63) is 34.9 Å². The number of ketones is 1. The molecule has 0 saturated heterocycles. The van der Waals surface area contributed by atoms with Gasteiger partial charge in [0.05, 0.1) is 6.04 Å². The molecule has 1 rings (SSSR count). The highest BCUT2D eigenvalue weighted by atomic mass is 35.5. The summed E-state index contributed by atoms with van der Waals surface area (Å²) in [5.41, 5.74) is 0.673. The minimum Gasteiger partial charge on any atom is -0.308 e. The number of Topliss-reactive ketones (excluding diaryl/α,β-unsaturated/α-hetero) is 1. The fraction of sp³-hybridized carbons (Fsp3) is 0.500. The van der Waals surface area contributed by atoms with E-state index in [0.717, 1.165) is 13.1 Å². The van der Waals surface area contributed by atoms with Crippen LogP contribution >= 0.6 is 11.6 Å². The standard InChI is InChI=1S/C14H21ClN2O/c1-11(17(4)9-8-16(2)3)14(18)12-6-5-7-13(15)10-12/h5-7,10-11H,8-9H2,1-4H3. The van der Waals surface area contributed by atoms with Crippen LogP contribution in [-0.2, 0) is 0 Å². The maximum Gasteiger partial charge on any atom is 0.179 e. The topological polar surface area (TPSA) is 23.6 Å². The van der Waals surface area contributed by atoms with E-state index >= 15 is 0 Å². The fourth-order valence-electron chi connectivity index (χ4n) is 1.63. The lowest BCUT2D eigenvalue weighted by atomic mass is 10.0. The van der Waals surface area contributed by atoms with Crippen molar-refractivity contribution in [2.75, 3.05) is 34.2 Å². The summed E-state index contributed by atoms with van der Waals surface area (Å²) in [5, 5.41) is 0.601. The number of carbonyl (C=O) groups excluding carboxylic acids is 1. The van der Waals surface area contributed by atoms with E-state index in [2.05, 4.69) is 9.80 Å². The molecule has 0 amide bonds. The first-order valence-corrected chi connectivity index (χ1v) is 6.44. The predicted molar refractivity (Wildman–Crippen MR) is 76.4 cm³/mol. The second-order valence-electron chi connectivity index (χ2n) is 4.83. The molecule has 3 nitrogen and oxygen atoms in total. The van der Waals surface area contributed by atoms with Crippen LogP contribution in [0.5, 0.6) is 0 Å². The van der Waals surface area contributed by atoms with Crippen LogP contribution in [0.4, 0.5) is 0 Å². The molecule has 1 aromatic rings. The summed E-state index contributed by atoms with van der Waals surface area (Å²) in [4.78, 5) is 16.4. The summed E-state index contributed by atoms with van der Waals surface area (Å²) >= 11 is 5.90. The first-order valence-electron chi connectivity index (χ1n) is 6.06.